The second-order valence-electron chi connectivity index (χ2n) is 4.05. The van der Waals surface area contributed by atoms with Gasteiger partial charge in [-0.1, -0.05) is 36.1 Å². The van der Waals surface area contributed by atoms with E-state index in [4.69, 9.17) is 12.2 Å². The third-order valence-electron chi connectivity index (χ3n) is 2.60. The number of benzene rings is 1. The van der Waals surface area contributed by atoms with Gasteiger partial charge < -0.3 is 15.0 Å². The van der Waals surface area contributed by atoms with Crippen LogP contribution in [0, 0.1) is 0 Å². The van der Waals surface area contributed by atoms with Crippen LogP contribution >= 0.6 is 24.0 Å². The predicted molar refractivity (Wildman–Crippen MR) is 77.6 cm³/mol. The van der Waals surface area contributed by atoms with Gasteiger partial charge in [-0.25, -0.2) is 0 Å². The SMILES string of the molecule is O=C([O-])CCN1C(=O)/C(=C\c2ccc(O)cc2)SC1=S. The third-order valence-corrected chi connectivity index (χ3v) is 3.98. The fourth-order valence-corrected chi connectivity index (χ4v) is 2.93. The Bertz CT molecular complexity index is 595. The molecule has 1 aliphatic rings. The molecule has 7 heteroatoms. The Labute approximate surface area is 124 Å². The van der Waals surface area contributed by atoms with Crippen LogP contribution in [0.15, 0.2) is 29.2 Å². The minimum absolute atomic E-state index is 0.0138. The van der Waals surface area contributed by atoms with Crippen LogP contribution in [0.2, 0.25) is 0 Å². The van der Waals surface area contributed by atoms with E-state index in [1.165, 1.54) is 17.0 Å². The largest absolute Gasteiger partial charge is 0.550 e. The lowest BCUT2D eigenvalue weighted by Gasteiger charge is -2.14. The molecule has 0 unspecified atom stereocenters. The van der Waals surface area contributed by atoms with E-state index in [0.29, 0.717) is 9.23 Å². The molecule has 20 heavy (non-hydrogen) atoms. The summed E-state index contributed by atoms with van der Waals surface area (Å²) in [5, 5.41) is 19.6. The molecule has 0 atom stereocenters. The average molecular weight is 308 g/mol. The van der Waals surface area contributed by atoms with Crippen LogP contribution in [-0.4, -0.2) is 32.7 Å². The van der Waals surface area contributed by atoms with Gasteiger partial charge in [0.2, 0.25) is 0 Å². The number of thiocarbonyl (C=S) groups is 1. The number of carboxylic acids is 1. The number of carbonyl (C=O) groups is 2. The number of hydrogen-bond acceptors (Lipinski definition) is 6. The second kappa shape index (κ2) is 6.06. The molecule has 0 spiro atoms. The highest BCUT2D eigenvalue weighted by Crippen LogP contribution is 2.32. The van der Waals surface area contributed by atoms with Gasteiger partial charge in [0.25, 0.3) is 5.91 Å². The number of aliphatic carboxylic acids is 1. The van der Waals surface area contributed by atoms with E-state index in [-0.39, 0.29) is 24.6 Å². The fourth-order valence-electron chi connectivity index (χ4n) is 1.62. The first-order valence-electron chi connectivity index (χ1n) is 5.71. The Hall–Kier alpha value is -1.86. The van der Waals surface area contributed by atoms with Crippen LogP contribution in [0.1, 0.15) is 12.0 Å². The number of hydrogen-bond donors (Lipinski definition) is 1. The molecule has 1 amide bonds. The summed E-state index contributed by atoms with van der Waals surface area (Å²) in [6.45, 7) is 0.0138. The number of aromatic hydroxyl groups is 1. The molecule has 1 N–H and O–H groups in total. The van der Waals surface area contributed by atoms with Gasteiger partial charge in [-0.15, -0.1) is 0 Å². The lowest BCUT2D eigenvalue weighted by molar-refractivity contribution is -0.305. The Morgan fingerprint density at radius 3 is 2.65 bits per heavy atom. The minimum atomic E-state index is -1.22. The van der Waals surface area contributed by atoms with E-state index in [2.05, 4.69) is 0 Å². The summed E-state index contributed by atoms with van der Waals surface area (Å²) in [5.74, 6) is -1.39. The maximum atomic E-state index is 12.1. The zero-order valence-electron chi connectivity index (χ0n) is 10.2. The molecule has 1 heterocycles. The average Bonchev–Trinajstić information content (AvgIpc) is 2.65. The van der Waals surface area contributed by atoms with E-state index in [9.17, 15) is 19.8 Å². The number of nitrogens with zero attached hydrogens (tertiary/aromatic N) is 1. The van der Waals surface area contributed by atoms with Gasteiger partial charge >= 0.3 is 0 Å². The molecule has 5 nitrogen and oxygen atoms in total. The van der Waals surface area contributed by atoms with Crippen molar-refractivity contribution in [1.29, 1.82) is 0 Å². The summed E-state index contributed by atoms with van der Waals surface area (Å²) < 4.78 is 0.335. The summed E-state index contributed by atoms with van der Waals surface area (Å²) in [7, 11) is 0. The lowest BCUT2D eigenvalue weighted by atomic mass is 10.2. The molecule has 1 aliphatic heterocycles. The number of carboxylic acid groups (broad SMARTS) is 1. The quantitative estimate of drug-likeness (QED) is 0.652. The molecule has 0 saturated carbocycles. The molecule has 0 aromatic heterocycles. The minimum Gasteiger partial charge on any atom is -0.550 e. The van der Waals surface area contributed by atoms with Crippen molar-refractivity contribution < 1.29 is 19.8 Å². The van der Waals surface area contributed by atoms with Gasteiger partial charge in [0.15, 0.2) is 0 Å². The normalized spacial score (nSPS) is 17.0. The van der Waals surface area contributed by atoms with Crippen molar-refractivity contribution >= 4 is 46.3 Å². The molecule has 1 saturated heterocycles. The molecular weight excluding hydrogens is 298 g/mol. The van der Waals surface area contributed by atoms with Gasteiger partial charge in [0, 0.05) is 18.9 Å². The molecule has 1 aromatic carbocycles. The molecule has 1 aromatic rings. The molecule has 0 radical (unpaired) electrons. The van der Waals surface area contributed by atoms with Crippen molar-refractivity contribution in [2.75, 3.05) is 6.54 Å². The van der Waals surface area contributed by atoms with E-state index in [1.54, 1.807) is 18.2 Å². The van der Waals surface area contributed by atoms with E-state index < -0.39 is 5.97 Å². The first-order valence-corrected chi connectivity index (χ1v) is 6.94. The Morgan fingerprint density at radius 1 is 1.40 bits per heavy atom. The van der Waals surface area contributed by atoms with Gasteiger partial charge in [-0.3, -0.25) is 9.69 Å². The maximum Gasteiger partial charge on any atom is 0.266 e. The fraction of sp³-hybridized carbons (Fsp3) is 0.154. The molecule has 0 bridgehead atoms. The van der Waals surface area contributed by atoms with Gasteiger partial charge in [-0.05, 0) is 23.8 Å². The zero-order valence-corrected chi connectivity index (χ0v) is 11.9. The Balaban J connectivity index is 2.14. The smallest absolute Gasteiger partial charge is 0.266 e. The van der Waals surface area contributed by atoms with Crippen molar-refractivity contribution in [3.05, 3.63) is 34.7 Å². The first-order chi connectivity index (χ1) is 9.47. The monoisotopic (exact) mass is 308 g/mol. The lowest BCUT2D eigenvalue weighted by Crippen LogP contribution is -2.33. The van der Waals surface area contributed by atoms with Crippen molar-refractivity contribution in [3.63, 3.8) is 0 Å². The number of carbonyl (C=O) groups excluding carboxylic acids is 2. The van der Waals surface area contributed by atoms with Gasteiger partial charge in [0.1, 0.15) is 10.1 Å². The summed E-state index contributed by atoms with van der Waals surface area (Å²) >= 11 is 6.18. The van der Waals surface area contributed by atoms with Gasteiger partial charge in [0.05, 0.1) is 4.91 Å². The standard InChI is InChI=1S/C13H11NO4S2/c15-9-3-1-8(2-4-9)7-10-12(18)14(13(19)20-10)6-5-11(16)17/h1-4,7,15H,5-6H2,(H,16,17)/p-1/b10-7+. The third kappa shape index (κ3) is 3.37. The highest BCUT2D eigenvalue weighted by molar-refractivity contribution is 8.26. The Kier molecular flexibility index (Phi) is 4.41. The Morgan fingerprint density at radius 2 is 2.05 bits per heavy atom. The first kappa shape index (κ1) is 14.5. The number of thioether (sulfide) groups is 1. The zero-order chi connectivity index (χ0) is 14.7. The van der Waals surface area contributed by atoms with E-state index >= 15 is 0 Å². The number of phenolic OH excluding ortho intramolecular Hbond substituents is 1. The van der Waals surface area contributed by atoms with Crippen LogP contribution in [-0.2, 0) is 9.59 Å². The number of rotatable bonds is 4. The topological polar surface area (TPSA) is 80.7 Å². The van der Waals surface area contributed by atoms with Crippen LogP contribution < -0.4 is 5.11 Å². The highest BCUT2D eigenvalue weighted by atomic mass is 32.2. The highest BCUT2D eigenvalue weighted by Gasteiger charge is 2.31. The van der Waals surface area contributed by atoms with E-state index in [0.717, 1.165) is 17.3 Å². The molecule has 1 fully saturated rings. The molecule has 0 aliphatic carbocycles. The summed E-state index contributed by atoms with van der Waals surface area (Å²) in [6, 6.07) is 6.37. The van der Waals surface area contributed by atoms with Crippen molar-refractivity contribution in [2.24, 2.45) is 0 Å². The van der Waals surface area contributed by atoms with Crippen LogP contribution in [0.4, 0.5) is 0 Å². The summed E-state index contributed by atoms with van der Waals surface area (Å²) in [4.78, 5) is 24.2. The van der Waals surface area contributed by atoms with Crippen molar-refractivity contribution in [2.45, 2.75) is 6.42 Å². The second-order valence-corrected chi connectivity index (χ2v) is 5.72. The van der Waals surface area contributed by atoms with E-state index in [1.807, 2.05) is 0 Å². The number of phenols is 1. The van der Waals surface area contributed by atoms with Crippen molar-refractivity contribution in [3.8, 4) is 5.75 Å². The number of amides is 1. The molecule has 104 valence electrons. The molecular formula is C13H10NO4S2-. The van der Waals surface area contributed by atoms with Crippen LogP contribution in [0.25, 0.3) is 6.08 Å². The maximum absolute atomic E-state index is 12.1. The van der Waals surface area contributed by atoms with Crippen LogP contribution in [0.5, 0.6) is 5.75 Å². The predicted octanol–water partition coefficient (Wildman–Crippen LogP) is 0.733. The van der Waals surface area contributed by atoms with Gasteiger partial charge in [-0.2, -0.15) is 0 Å². The van der Waals surface area contributed by atoms with Crippen molar-refractivity contribution in [1.82, 2.24) is 4.90 Å². The summed E-state index contributed by atoms with van der Waals surface area (Å²) in [6.07, 6.45) is 1.40. The summed E-state index contributed by atoms with van der Waals surface area (Å²) in [5.41, 5.74) is 0.753. The molecule has 2 rings (SSSR count). The van der Waals surface area contributed by atoms with Crippen LogP contribution in [0.3, 0.4) is 0 Å².